The van der Waals surface area contributed by atoms with Gasteiger partial charge in [0.1, 0.15) is 0 Å². The molecule has 0 amide bonds. The SMILES string of the molecule is Cc1ccc(S(=O)(=O)NC(C)(C)C)c(-c2ccc(COC3CCNCC3)cc2)c1. The van der Waals surface area contributed by atoms with E-state index in [0.29, 0.717) is 23.2 Å². The minimum atomic E-state index is -3.63. The van der Waals surface area contributed by atoms with E-state index in [1.165, 1.54) is 0 Å². The Hall–Kier alpha value is -1.73. The number of sulfonamides is 1. The van der Waals surface area contributed by atoms with Crippen LogP contribution < -0.4 is 10.0 Å². The summed E-state index contributed by atoms with van der Waals surface area (Å²) in [5.74, 6) is 0. The summed E-state index contributed by atoms with van der Waals surface area (Å²) in [4.78, 5) is 0.303. The Morgan fingerprint density at radius 3 is 2.34 bits per heavy atom. The predicted octanol–water partition coefficient (Wildman–Crippen LogP) is 4.01. The predicted molar refractivity (Wildman–Crippen MR) is 117 cm³/mol. The highest BCUT2D eigenvalue weighted by Gasteiger charge is 2.25. The van der Waals surface area contributed by atoms with Crippen LogP contribution in [0.1, 0.15) is 44.7 Å². The zero-order valence-corrected chi connectivity index (χ0v) is 18.6. The largest absolute Gasteiger partial charge is 0.373 e. The molecule has 0 aromatic heterocycles. The summed E-state index contributed by atoms with van der Waals surface area (Å²) >= 11 is 0. The lowest BCUT2D eigenvalue weighted by Crippen LogP contribution is -2.40. The van der Waals surface area contributed by atoms with E-state index in [1.807, 2.05) is 64.1 Å². The van der Waals surface area contributed by atoms with Crippen molar-refractivity contribution in [3.05, 3.63) is 53.6 Å². The molecule has 1 aliphatic rings. The molecule has 1 saturated heterocycles. The maximum absolute atomic E-state index is 13.0. The van der Waals surface area contributed by atoms with Gasteiger partial charge in [0.15, 0.2) is 0 Å². The van der Waals surface area contributed by atoms with Gasteiger partial charge in [0.25, 0.3) is 0 Å². The van der Waals surface area contributed by atoms with Crippen molar-refractivity contribution in [2.75, 3.05) is 13.1 Å². The summed E-state index contributed by atoms with van der Waals surface area (Å²) in [6.45, 7) is 10.1. The number of piperidine rings is 1. The summed E-state index contributed by atoms with van der Waals surface area (Å²) in [5, 5.41) is 3.34. The van der Waals surface area contributed by atoms with Gasteiger partial charge in [-0.2, -0.15) is 0 Å². The lowest BCUT2D eigenvalue weighted by molar-refractivity contribution is 0.0212. The van der Waals surface area contributed by atoms with Crippen LogP contribution >= 0.6 is 0 Å². The van der Waals surface area contributed by atoms with Gasteiger partial charge in [-0.15, -0.1) is 0 Å². The van der Waals surface area contributed by atoms with Gasteiger partial charge in [0.2, 0.25) is 10.0 Å². The maximum Gasteiger partial charge on any atom is 0.241 e. The van der Waals surface area contributed by atoms with E-state index < -0.39 is 15.6 Å². The molecular formula is C23H32N2O3S. The number of rotatable bonds is 6. The molecule has 5 nitrogen and oxygen atoms in total. The first kappa shape index (κ1) is 22.0. The molecule has 1 aliphatic heterocycles. The Morgan fingerprint density at radius 1 is 1.07 bits per heavy atom. The molecule has 0 radical (unpaired) electrons. The van der Waals surface area contributed by atoms with Crippen LogP contribution in [-0.4, -0.2) is 33.2 Å². The third kappa shape index (κ3) is 6.12. The zero-order chi connectivity index (χ0) is 21.1. The van der Waals surface area contributed by atoms with E-state index in [2.05, 4.69) is 10.0 Å². The van der Waals surface area contributed by atoms with E-state index in [4.69, 9.17) is 4.74 Å². The average Bonchev–Trinajstić information content (AvgIpc) is 2.65. The van der Waals surface area contributed by atoms with Gasteiger partial charge in [0, 0.05) is 11.1 Å². The second-order valence-corrected chi connectivity index (χ2v) is 10.5. The first-order valence-electron chi connectivity index (χ1n) is 10.2. The third-order valence-corrected chi connectivity index (χ3v) is 6.72. The number of nitrogens with one attached hydrogen (secondary N) is 2. The van der Waals surface area contributed by atoms with Crippen LogP contribution in [-0.2, 0) is 21.4 Å². The molecule has 2 N–H and O–H groups in total. The highest BCUT2D eigenvalue weighted by molar-refractivity contribution is 7.89. The molecule has 1 heterocycles. The van der Waals surface area contributed by atoms with E-state index >= 15 is 0 Å². The van der Waals surface area contributed by atoms with Crippen molar-refractivity contribution in [3.8, 4) is 11.1 Å². The Bertz CT molecular complexity index is 926. The highest BCUT2D eigenvalue weighted by atomic mass is 32.2. The Balaban J connectivity index is 1.82. The lowest BCUT2D eigenvalue weighted by atomic mass is 10.0. The molecule has 1 fully saturated rings. The molecule has 3 rings (SSSR count). The van der Waals surface area contributed by atoms with Crippen LogP contribution in [0.25, 0.3) is 11.1 Å². The van der Waals surface area contributed by atoms with Gasteiger partial charge in [-0.25, -0.2) is 13.1 Å². The summed E-state index contributed by atoms with van der Waals surface area (Å²) in [6.07, 6.45) is 2.40. The van der Waals surface area contributed by atoms with Crippen LogP contribution in [0.5, 0.6) is 0 Å². The van der Waals surface area contributed by atoms with Crippen LogP contribution in [0.2, 0.25) is 0 Å². The van der Waals surface area contributed by atoms with Gasteiger partial charge in [-0.1, -0.05) is 42.0 Å². The summed E-state index contributed by atoms with van der Waals surface area (Å²) in [5.41, 5.74) is 3.17. The number of hydrogen-bond acceptors (Lipinski definition) is 4. The second kappa shape index (κ2) is 8.96. The number of aryl methyl sites for hydroxylation is 1. The molecule has 29 heavy (non-hydrogen) atoms. The van der Waals surface area contributed by atoms with Crippen molar-refractivity contribution in [1.82, 2.24) is 10.0 Å². The molecule has 2 aromatic rings. The molecule has 0 unspecified atom stereocenters. The molecule has 0 saturated carbocycles. The van der Waals surface area contributed by atoms with Gasteiger partial charge >= 0.3 is 0 Å². The van der Waals surface area contributed by atoms with Crippen molar-refractivity contribution in [2.24, 2.45) is 0 Å². The van der Waals surface area contributed by atoms with Gasteiger partial charge in [-0.05, 0) is 70.8 Å². The molecule has 6 heteroatoms. The van der Waals surface area contributed by atoms with Crippen molar-refractivity contribution in [1.29, 1.82) is 0 Å². The summed E-state index contributed by atoms with van der Waals surface area (Å²) in [7, 11) is -3.63. The van der Waals surface area contributed by atoms with Crippen molar-refractivity contribution < 1.29 is 13.2 Å². The van der Waals surface area contributed by atoms with Crippen LogP contribution in [0.3, 0.4) is 0 Å². The fourth-order valence-electron chi connectivity index (χ4n) is 3.52. The van der Waals surface area contributed by atoms with E-state index in [0.717, 1.165) is 42.6 Å². The monoisotopic (exact) mass is 416 g/mol. The fraction of sp³-hybridized carbons (Fsp3) is 0.478. The van der Waals surface area contributed by atoms with Gasteiger partial charge < -0.3 is 10.1 Å². The van der Waals surface area contributed by atoms with Crippen LogP contribution in [0, 0.1) is 6.92 Å². The van der Waals surface area contributed by atoms with E-state index in [1.54, 1.807) is 6.07 Å². The first-order valence-corrected chi connectivity index (χ1v) is 11.7. The lowest BCUT2D eigenvalue weighted by Gasteiger charge is -2.23. The quantitative estimate of drug-likeness (QED) is 0.747. The molecule has 158 valence electrons. The molecule has 2 aromatic carbocycles. The molecular weight excluding hydrogens is 384 g/mol. The molecule has 0 spiro atoms. The Morgan fingerprint density at radius 2 is 1.72 bits per heavy atom. The van der Waals surface area contributed by atoms with Gasteiger partial charge in [-0.3, -0.25) is 0 Å². The third-order valence-electron chi connectivity index (χ3n) is 4.90. The summed E-state index contributed by atoms with van der Waals surface area (Å²) in [6, 6.07) is 13.4. The second-order valence-electron chi connectivity index (χ2n) is 8.81. The van der Waals surface area contributed by atoms with E-state index in [9.17, 15) is 8.42 Å². The minimum absolute atomic E-state index is 0.303. The Labute approximate surface area is 174 Å². The standard InChI is InChI=1S/C23H32N2O3S/c1-17-5-10-22(29(26,27)25-23(2,3)4)21(15-17)19-8-6-18(7-9-19)16-28-20-11-13-24-14-12-20/h5-10,15,20,24-25H,11-14,16H2,1-4H3. The van der Waals surface area contributed by atoms with Crippen molar-refractivity contribution in [3.63, 3.8) is 0 Å². The Kier molecular flexibility index (Phi) is 6.79. The molecule has 0 aliphatic carbocycles. The number of ether oxygens (including phenoxy) is 1. The van der Waals surface area contributed by atoms with Gasteiger partial charge in [0.05, 0.1) is 17.6 Å². The normalized spacial score (nSPS) is 16.1. The highest BCUT2D eigenvalue weighted by Crippen LogP contribution is 2.29. The maximum atomic E-state index is 13.0. The zero-order valence-electron chi connectivity index (χ0n) is 17.8. The first-order chi connectivity index (χ1) is 13.6. The number of benzene rings is 2. The van der Waals surface area contributed by atoms with Crippen molar-refractivity contribution >= 4 is 10.0 Å². The van der Waals surface area contributed by atoms with Crippen LogP contribution in [0.15, 0.2) is 47.4 Å². The van der Waals surface area contributed by atoms with Crippen molar-refractivity contribution in [2.45, 2.75) is 63.7 Å². The minimum Gasteiger partial charge on any atom is -0.373 e. The molecule has 0 atom stereocenters. The fourth-order valence-corrected chi connectivity index (χ4v) is 5.15. The topological polar surface area (TPSA) is 67.4 Å². The average molecular weight is 417 g/mol. The van der Waals surface area contributed by atoms with E-state index in [-0.39, 0.29) is 0 Å². The molecule has 0 bridgehead atoms. The number of hydrogen-bond donors (Lipinski definition) is 2. The van der Waals surface area contributed by atoms with Crippen LogP contribution in [0.4, 0.5) is 0 Å². The summed E-state index contributed by atoms with van der Waals surface area (Å²) < 4.78 is 34.7. The smallest absolute Gasteiger partial charge is 0.241 e.